The van der Waals surface area contributed by atoms with E-state index in [1.54, 1.807) is 24.3 Å². The molecule has 2 rings (SSSR count). The zero-order chi connectivity index (χ0) is 15.2. The van der Waals surface area contributed by atoms with Crippen molar-refractivity contribution in [3.8, 4) is 11.5 Å². The van der Waals surface area contributed by atoms with Gasteiger partial charge in [-0.25, -0.2) is 4.79 Å². The van der Waals surface area contributed by atoms with Crippen molar-refractivity contribution in [1.29, 1.82) is 0 Å². The molecule has 0 unspecified atom stereocenters. The minimum atomic E-state index is -1.03. The number of benzene rings is 1. The molecule has 0 saturated heterocycles. The van der Waals surface area contributed by atoms with Crippen LogP contribution in [0.2, 0.25) is 0 Å². The second kappa shape index (κ2) is 6.60. The van der Waals surface area contributed by atoms with Gasteiger partial charge < -0.3 is 19.1 Å². The third-order valence-electron chi connectivity index (χ3n) is 2.67. The van der Waals surface area contributed by atoms with Crippen LogP contribution in [-0.2, 0) is 11.4 Å². The fourth-order valence-electron chi connectivity index (χ4n) is 1.77. The number of carboxylic acid groups (broad SMARTS) is 1. The number of carbonyl (C=O) groups is 1. The Morgan fingerprint density at radius 2 is 2.29 bits per heavy atom. The summed E-state index contributed by atoms with van der Waals surface area (Å²) in [6.07, 6.45) is 2.49. The van der Waals surface area contributed by atoms with Gasteiger partial charge in [0.15, 0.2) is 17.3 Å². The summed E-state index contributed by atoms with van der Waals surface area (Å²) in [6.45, 7) is 1.99. The molecule has 0 bridgehead atoms. The molecular weight excluding hydrogens is 274 g/mol. The van der Waals surface area contributed by atoms with Crippen molar-refractivity contribution >= 4 is 12.0 Å². The Bertz CT molecular complexity index is 660. The van der Waals surface area contributed by atoms with E-state index in [4.69, 9.17) is 19.1 Å². The fraction of sp³-hybridized carbons (Fsp3) is 0.200. The minimum Gasteiger partial charge on any atom is -0.493 e. The van der Waals surface area contributed by atoms with Crippen LogP contribution >= 0.6 is 0 Å². The lowest BCUT2D eigenvalue weighted by molar-refractivity contribution is -0.131. The molecule has 110 valence electrons. The average molecular weight is 289 g/mol. The SMILES string of the molecule is COc1cccc(/C=C/C(=O)O)c1OCc1cc(C)no1. The number of para-hydroxylation sites is 1. The second-order valence-electron chi connectivity index (χ2n) is 4.27. The third-order valence-corrected chi connectivity index (χ3v) is 2.67. The van der Waals surface area contributed by atoms with Crippen LogP contribution in [0.5, 0.6) is 11.5 Å². The highest BCUT2D eigenvalue weighted by atomic mass is 16.5. The van der Waals surface area contributed by atoms with Crippen molar-refractivity contribution in [1.82, 2.24) is 5.16 Å². The second-order valence-corrected chi connectivity index (χ2v) is 4.27. The Morgan fingerprint density at radius 3 is 2.90 bits per heavy atom. The molecule has 21 heavy (non-hydrogen) atoms. The Balaban J connectivity index is 2.24. The number of aryl methyl sites for hydroxylation is 1. The number of nitrogens with zero attached hydrogens (tertiary/aromatic N) is 1. The molecule has 0 spiro atoms. The van der Waals surface area contributed by atoms with Gasteiger partial charge in [-0.15, -0.1) is 0 Å². The summed E-state index contributed by atoms with van der Waals surface area (Å²) in [4.78, 5) is 10.6. The van der Waals surface area contributed by atoms with Crippen molar-refractivity contribution in [2.75, 3.05) is 7.11 Å². The van der Waals surface area contributed by atoms with Crippen molar-refractivity contribution in [3.05, 3.63) is 47.4 Å². The molecule has 0 aliphatic carbocycles. The van der Waals surface area contributed by atoms with Gasteiger partial charge in [-0.05, 0) is 19.1 Å². The van der Waals surface area contributed by atoms with Crippen molar-refractivity contribution < 1.29 is 23.9 Å². The summed E-state index contributed by atoms with van der Waals surface area (Å²) in [5.74, 6) is 0.506. The van der Waals surface area contributed by atoms with Crippen LogP contribution in [0, 0.1) is 6.92 Å². The highest BCUT2D eigenvalue weighted by Gasteiger charge is 2.11. The van der Waals surface area contributed by atoms with E-state index in [0.29, 0.717) is 22.8 Å². The zero-order valence-electron chi connectivity index (χ0n) is 11.7. The maximum absolute atomic E-state index is 10.6. The molecule has 0 saturated carbocycles. The van der Waals surface area contributed by atoms with Gasteiger partial charge in [0.05, 0.1) is 12.8 Å². The van der Waals surface area contributed by atoms with E-state index in [2.05, 4.69) is 5.16 Å². The van der Waals surface area contributed by atoms with Gasteiger partial charge in [-0.2, -0.15) is 0 Å². The number of hydrogen-bond donors (Lipinski definition) is 1. The van der Waals surface area contributed by atoms with Gasteiger partial charge in [-0.1, -0.05) is 17.3 Å². The van der Waals surface area contributed by atoms with Crippen LogP contribution in [-0.4, -0.2) is 23.3 Å². The highest BCUT2D eigenvalue weighted by molar-refractivity contribution is 5.86. The van der Waals surface area contributed by atoms with Gasteiger partial charge in [-0.3, -0.25) is 0 Å². The Kier molecular flexibility index (Phi) is 4.61. The molecule has 6 nitrogen and oxygen atoms in total. The third kappa shape index (κ3) is 3.85. The first-order chi connectivity index (χ1) is 10.1. The molecule has 0 atom stereocenters. The van der Waals surface area contributed by atoms with Crippen LogP contribution < -0.4 is 9.47 Å². The van der Waals surface area contributed by atoms with E-state index in [9.17, 15) is 4.79 Å². The zero-order valence-corrected chi connectivity index (χ0v) is 11.7. The molecular formula is C15H15NO5. The van der Waals surface area contributed by atoms with Crippen molar-refractivity contribution in [2.24, 2.45) is 0 Å². The minimum absolute atomic E-state index is 0.176. The summed E-state index contributed by atoms with van der Waals surface area (Å²) >= 11 is 0. The average Bonchev–Trinajstić information content (AvgIpc) is 2.88. The summed E-state index contributed by atoms with van der Waals surface area (Å²) in [5, 5.41) is 12.5. The lowest BCUT2D eigenvalue weighted by atomic mass is 10.1. The van der Waals surface area contributed by atoms with Crippen LogP contribution in [0.15, 0.2) is 34.9 Å². The van der Waals surface area contributed by atoms with E-state index >= 15 is 0 Å². The van der Waals surface area contributed by atoms with Crippen LogP contribution in [0.25, 0.3) is 6.08 Å². The van der Waals surface area contributed by atoms with Crippen LogP contribution in [0.3, 0.4) is 0 Å². The number of rotatable bonds is 6. The largest absolute Gasteiger partial charge is 0.493 e. The first-order valence-corrected chi connectivity index (χ1v) is 6.23. The lowest BCUT2D eigenvalue weighted by Crippen LogP contribution is -1.99. The van der Waals surface area contributed by atoms with E-state index in [0.717, 1.165) is 11.8 Å². The van der Waals surface area contributed by atoms with Gasteiger partial charge in [0.1, 0.15) is 6.61 Å². The summed E-state index contributed by atoms with van der Waals surface area (Å²) in [5.41, 5.74) is 1.37. The Labute approximate surface area is 121 Å². The maximum Gasteiger partial charge on any atom is 0.328 e. The molecule has 0 aliphatic heterocycles. The van der Waals surface area contributed by atoms with E-state index < -0.39 is 5.97 Å². The van der Waals surface area contributed by atoms with Crippen molar-refractivity contribution in [2.45, 2.75) is 13.5 Å². The van der Waals surface area contributed by atoms with Crippen LogP contribution in [0.1, 0.15) is 17.0 Å². The fourth-order valence-corrected chi connectivity index (χ4v) is 1.77. The molecule has 1 N–H and O–H groups in total. The first-order valence-electron chi connectivity index (χ1n) is 6.23. The van der Waals surface area contributed by atoms with Gasteiger partial charge in [0.25, 0.3) is 0 Å². The van der Waals surface area contributed by atoms with Crippen LogP contribution in [0.4, 0.5) is 0 Å². The predicted octanol–water partition coefficient (Wildman–Crippen LogP) is 2.67. The van der Waals surface area contributed by atoms with E-state index in [-0.39, 0.29) is 6.61 Å². The molecule has 0 aliphatic rings. The van der Waals surface area contributed by atoms with Gasteiger partial charge in [0.2, 0.25) is 0 Å². The van der Waals surface area contributed by atoms with E-state index in [1.807, 2.05) is 6.92 Å². The predicted molar refractivity (Wildman–Crippen MR) is 75.2 cm³/mol. The van der Waals surface area contributed by atoms with Crippen molar-refractivity contribution in [3.63, 3.8) is 0 Å². The van der Waals surface area contributed by atoms with Gasteiger partial charge >= 0.3 is 5.97 Å². The number of aliphatic carboxylic acids is 1. The number of ether oxygens (including phenoxy) is 2. The summed E-state index contributed by atoms with van der Waals surface area (Å²) in [7, 11) is 1.52. The molecule has 1 aromatic carbocycles. The maximum atomic E-state index is 10.6. The molecule has 2 aromatic rings. The molecule has 0 radical (unpaired) electrons. The number of aromatic nitrogens is 1. The molecule has 0 fully saturated rings. The topological polar surface area (TPSA) is 81.8 Å². The van der Waals surface area contributed by atoms with E-state index in [1.165, 1.54) is 13.2 Å². The molecule has 0 amide bonds. The standard InChI is InChI=1S/C15H15NO5/c1-10-8-12(21-16-10)9-20-15-11(6-7-14(17)18)4-3-5-13(15)19-2/h3-8H,9H2,1-2H3,(H,17,18)/b7-6+. The number of hydrogen-bond acceptors (Lipinski definition) is 5. The summed E-state index contributed by atoms with van der Waals surface area (Å²) in [6, 6.07) is 7.00. The number of carboxylic acids is 1. The normalized spacial score (nSPS) is 10.8. The monoisotopic (exact) mass is 289 g/mol. The lowest BCUT2D eigenvalue weighted by Gasteiger charge is -2.12. The molecule has 1 aromatic heterocycles. The highest BCUT2D eigenvalue weighted by Crippen LogP contribution is 2.32. The molecule has 1 heterocycles. The van der Waals surface area contributed by atoms with Gasteiger partial charge in [0, 0.05) is 17.7 Å². The molecule has 6 heteroatoms. The Hall–Kier alpha value is -2.76. The quantitative estimate of drug-likeness (QED) is 0.823. The smallest absolute Gasteiger partial charge is 0.328 e. The summed E-state index contributed by atoms with van der Waals surface area (Å²) < 4.78 is 16.0. The first kappa shape index (κ1) is 14.6. The number of methoxy groups -OCH3 is 1. The Morgan fingerprint density at radius 1 is 1.48 bits per heavy atom.